The largest absolute Gasteiger partial charge is 0.370 e. The fourth-order valence-electron chi connectivity index (χ4n) is 2.39. The third kappa shape index (κ3) is 2.32. The Kier molecular flexibility index (Phi) is 3.67. The summed E-state index contributed by atoms with van der Waals surface area (Å²) < 4.78 is 17.0. The van der Waals surface area contributed by atoms with Gasteiger partial charge in [0.1, 0.15) is 11.9 Å². The van der Waals surface area contributed by atoms with E-state index in [9.17, 15) is 9.65 Å². The summed E-state index contributed by atoms with van der Waals surface area (Å²) in [5.74, 6) is -0.449. The summed E-state index contributed by atoms with van der Waals surface area (Å²) in [7, 11) is 1.73. The Bertz CT molecular complexity index is 787. The lowest BCUT2D eigenvalue weighted by Gasteiger charge is -2.21. The highest BCUT2D eigenvalue weighted by Gasteiger charge is 2.24. The maximum Gasteiger partial charge on any atom is 0.136 e. The van der Waals surface area contributed by atoms with Crippen molar-refractivity contribution in [2.45, 2.75) is 5.37 Å². The van der Waals surface area contributed by atoms with E-state index in [2.05, 4.69) is 51.7 Å². The summed E-state index contributed by atoms with van der Waals surface area (Å²) >= 11 is 6.37. The highest BCUT2D eigenvalue weighted by molar-refractivity contribution is 14.1. The van der Waals surface area contributed by atoms with Crippen LogP contribution in [0.2, 0.25) is 0 Å². The normalized spacial score (nSPS) is 16.2. The zero-order valence-electron chi connectivity index (χ0n) is 10.9. The van der Waals surface area contributed by atoms with Crippen LogP contribution in [0.4, 0.5) is 10.1 Å². The van der Waals surface area contributed by atoms with E-state index < -0.39 is 5.82 Å². The van der Waals surface area contributed by atoms with Gasteiger partial charge in [-0.2, -0.15) is 23.0 Å². The summed E-state index contributed by atoms with van der Waals surface area (Å²) in [4.78, 5) is 0. The third-order valence-corrected chi connectivity index (χ3v) is 4.40. The molecule has 0 amide bonds. The number of nitriles is 1. The van der Waals surface area contributed by atoms with Gasteiger partial charge in [-0.15, -0.1) is 0 Å². The molecule has 1 aromatic carbocycles. The summed E-state index contributed by atoms with van der Waals surface area (Å²) in [6.07, 6.45) is 5.27. The van der Waals surface area contributed by atoms with Gasteiger partial charge in [-0.05, 0) is 28.7 Å². The lowest BCUT2D eigenvalue weighted by atomic mass is 9.95. The van der Waals surface area contributed by atoms with Gasteiger partial charge in [-0.3, -0.25) is 4.68 Å². The second-order valence-corrected chi connectivity index (χ2v) is 6.31. The molecule has 0 spiro atoms. The molecular formula is C14H10FIN4S. The van der Waals surface area contributed by atoms with Gasteiger partial charge in [0.15, 0.2) is 0 Å². The second-order valence-electron chi connectivity index (χ2n) is 4.59. The molecule has 1 aliphatic rings. The Balaban J connectivity index is 2.35. The number of aromatic nitrogens is 2. The maximum atomic E-state index is 14.6. The molecule has 1 aromatic heterocycles. The van der Waals surface area contributed by atoms with Crippen LogP contribution in [0.1, 0.15) is 11.1 Å². The van der Waals surface area contributed by atoms with Crippen molar-refractivity contribution in [2.24, 2.45) is 7.05 Å². The molecule has 2 heterocycles. The summed E-state index contributed by atoms with van der Waals surface area (Å²) in [6, 6.07) is 3.53. The number of nitrogens with one attached hydrogen (secondary N) is 1. The quantitative estimate of drug-likeness (QED) is 0.558. The molecule has 2 aromatic rings. The van der Waals surface area contributed by atoms with Gasteiger partial charge >= 0.3 is 0 Å². The molecule has 0 fully saturated rings. The second kappa shape index (κ2) is 5.35. The number of hydrogen-bond donors (Lipinski definition) is 2. The molecule has 21 heavy (non-hydrogen) atoms. The van der Waals surface area contributed by atoms with E-state index in [-0.39, 0.29) is 10.9 Å². The average molecular weight is 412 g/mol. The molecule has 4 nitrogen and oxygen atoms in total. The fraction of sp³-hybridized carbons (Fsp3) is 0.143. The van der Waals surface area contributed by atoms with Crippen LogP contribution in [0.3, 0.4) is 0 Å². The molecule has 1 aliphatic heterocycles. The summed E-state index contributed by atoms with van der Waals surface area (Å²) in [6.45, 7) is 0. The van der Waals surface area contributed by atoms with Crippen molar-refractivity contribution in [3.8, 4) is 17.3 Å². The Morgan fingerprint density at radius 3 is 2.95 bits per heavy atom. The van der Waals surface area contributed by atoms with Crippen molar-refractivity contribution >= 4 is 47.0 Å². The number of anilines is 1. The first-order valence-corrected chi connectivity index (χ1v) is 7.69. The predicted molar refractivity (Wildman–Crippen MR) is 91.5 cm³/mol. The van der Waals surface area contributed by atoms with Gasteiger partial charge in [0.25, 0.3) is 0 Å². The molecule has 0 aliphatic carbocycles. The first-order chi connectivity index (χ1) is 10.0. The molecule has 0 saturated heterocycles. The van der Waals surface area contributed by atoms with Gasteiger partial charge < -0.3 is 5.32 Å². The zero-order chi connectivity index (χ0) is 15.1. The molecule has 7 heteroatoms. The molecular weight excluding hydrogens is 402 g/mol. The number of nitrogens with zero attached hydrogens (tertiary/aromatic N) is 3. The van der Waals surface area contributed by atoms with Gasteiger partial charge in [0, 0.05) is 18.3 Å². The maximum absolute atomic E-state index is 14.6. The Morgan fingerprint density at radius 2 is 2.33 bits per heavy atom. The standard InChI is InChI=1S/C14H10FIN4S/c1-20-14(10(16)6-18-20)13-8(5-17)7-2-3-12(21)19-11(7)4-9(13)15/h2-4,6,12,19,21H,1H3. The Labute approximate surface area is 140 Å². The number of thiol groups is 1. The number of rotatable bonds is 1. The molecule has 0 radical (unpaired) electrons. The zero-order valence-corrected chi connectivity index (χ0v) is 14.0. The van der Waals surface area contributed by atoms with Crippen LogP contribution in [-0.4, -0.2) is 15.2 Å². The van der Waals surface area contributed by atoms with Gasteiger partial charge in [-0.1, -0.05) is 12.2 Å². The predicted octanol–water partition coefficient (Wildman–Crippen LogP) is 3.40. The van der Waals surface area contributed by atoms with Crippen LogP contribution in [-0.2, 0) is 7.05 Å². The van der Waals surface area contributed by atoms with Crippen LogP contribution in [0.25, 0.3) is 17.3 Å². The van der Waals surface area contributed by atoms with Gasteiger partial charge in [-0.25, -0.2) is 4.39 Å². The van der Waals surface area contributed by atoms with E-state index in [4.69, 9.17) is 0 Å². The molecule has 0 bridgehead atoms. The highest BCUT2D eigenvalue weighted by Crippen LogP contribution is 2.37. The van der Waals surface area contributed by atoms with Crippen molar-refractivity contribution in [2.75, 3.05) is 5.32 Å². The van der Waals surface area contributed by atoms with E-state index in [0.717, 1.165) is 3.57 Å². The average Bonchev–Trinajstić information content (AvgIpc) is 2.76. The Morgan fingerprint density at radius 1 is 1.57 bits per heavy atom. The molecule has 1 N–H and O–H groups in total. The van der Waals surface area contributed by atoms with E-state index in [1.54, 1.807) is 24.0 Å². The highest BCUT2D eigenvalue weighted by atomic mass is 127. The number of benzene rings is 1. The number of halogens is 2. The van der Waals surface area contributed by atoms with Crippen molar-refractivity contribution in [3.63, 3.8) is 0 Å². The van der Waals surface area contributed by atoms with Crippen molar-refractivity contribution < 1.29 is 4.39 Å². The minimum atomic E-state index is -0.449. The number of hydrogen-bond acceptors (Lipinski definition) is 4. The van der Waals surface area contributed by atoms with Crippen molar-refractivity contribution in [1.82, 2.24) is 9.78 Å². The van der Waals surface area contributed by atoms with Crippen molar-refractivity contribution in [3.05, 3.63) is 38.9 Å². The smallest absolute Gasteiger partial charge is 0.136 e. The fourth-order valence-corrected chi connectivity index (χ4v) is 3.36. The van der Waals surface area contributed by atoms with Crippen LogP contribution >= 0.6 is 35.2 Å². The van der Waals surface area contributed by atoms with Crippen LogP contribution in [0.5, 0.6) is 0 Å². The molecule has 1 atom stereocenters. The molecule has 3 rings (SSSR count). The van der Waals surface area contributed by atoms with Crippen molar-refractivity contribution in [1.29, 1.82) is 5.26 Å². The third-order valence-electron chi connectivity index (χ3n) is 3.31. The van der Waals surface area contributed by atoms with E-state index >= 15 is 0 Å². The van der Waals surface area contributed by atoms with E-state index in [0.29, 0.717) is 22.5 Å². The number of aryl methyl sites for hydroxylation is 1. The summed E-state index contributed by atoms with van der Waals surface area (Å²) in [5.41, 5.74) is 2.44. The lowest BCUT2D eigenvalue weighted by Crippen LogP contribution is -2.15. The topological polar surface area (TPSA) is 53.6 Å². The SMILES string of the molecule is Cn1ncc(I)c1-c1c(F)cc2c(c1C#N)C=CC(S)N2. The first kappa shape index (κ1) is 14.4. The molecule has 106 valence electrons. The van der Waals surface area contributed by atoms with Crippen LogP contribution < -0.4 is 5.32 Å². The first-order valence-electron chi connectivity index (χ1n) is 6.10. The lowest BCUT2D eigenvalue weighted by molar-refractivity contribution is 0.627. The van der Waals surface area contributed by atoms with Crippen LogP contribution in [0.15, 0.2) is 18.3 Å². The Hall–Kier alpha value is -1.53. The molecule has 1 unspecified atom stereocenters. The van der Waals surface area contributed by atoms with Gasteiger partial charge in [0.2, 0.25) is 0 Å². The minimum Gasteiger partial charge on any atom is -0.370 e. The van der Waals surface area contributed by atoms with Gasteiger partial charge in [0.05, 0.1) is 32.0 Å². The summed E-state index contributed by atoms with van der Waals surface area (Å²) in [5, 5.41) is 16.5. The van der Waals surface area contributed by atoms with E-state index in [1.807, 2.05) is 6.08 Å². The van der Waals surface area contributed by atoms with Crippen LogP contribution in [0, 0.1) is 20.7 Å². The monoisotopic (exact) mass is 412 g/mol. The van der Waals surface area contributed by atoms with E-state index in [1.165, 1.54) is 6.07 Å². The minimum absolute atomic E-state index is 0.189. The molecule has 0 saturated carbocycles. The number of fused-ring (bicyclic) bond motifs is 1.